The quantitative estimate of drug-likeness (QED) is 0.928. The predicted octanol–water partition coefficient (Wildman–Crippen LogP) is 2.97. The van der Waals surface area contributed by atoms with Gasteiger partial charge in [-0.2, -0.15) is 5.10 Å². The number of hydrogen-bond acceptors (Lipinski definition) is 5. The van der Waals surface area contributed by atoms with Crippen molar-refractivity contribution < 1.29 is 4.79 Å². The zero-order chi connectivity index (χ0) is 16.7. The minimum absolute atomic E-state index is 0.174. The maximum atomic E-state index is 12.9. The molecule has 0 saturated heterocycles. The van der Waals surface area contributed by atoms with E-state index < -0.39 is 0 Å². The Morgan fingerprint density at radius 3 is 3.04 bits per heavy atom. The summed E-state index contributed by atoms with van der Waals surface area (Å²) in [6, 6.07) is 6.37. The Kier molecular flexibility index (Phi) is 4.00. The predicted molar refractivity (Wildman–Crippen MR) is 95.2 cm³/mol. The minimum Gasteiger partial charge on any atom is -0.369 e. The average molecular weight is 342 g/mol. The van der Waals surface area contributed by atoms with Crippen LogP contribution in [-0.4, -0.2) is 34.1 Å². The lowest BCUT2D eigenvalue weighted by molar-refractivity contribution is -0.133. The third-order valence-corrected chi connectivity index (χ3v) is 5.98. The molecule has 3 heterocycles. The summed E-state index contributed by atoms with van der Waals surface area (Å²) in [6.07, 6.45) is 1.80. The van der Waals surface area contributed by atoms with Gasteiger partial charge in [0.1, 0.15) is 5.82 Å². The molecule has 5 nitrogen and oxygen atoms in total. The van der Waals surface area contributed by atoms with E-state index >= 15 is 0 Å². The molecule has 0 radical (unpaired) electrons. The summed E-state index contributed by atoms with van der Waals surface area (Å²) in [5.74, 6) is 1.71. The number of anilines is 1. The van der Waals surface area contributed by atoms with Crippen molar-refractivity contribution in [3.05, 3.63) is 39.2 Å². The molecule has 0 bridgehead atoms. The summed E-state index contributed by atoms with van der Waals surface area (Å²) in [5, 5.41) is 11.7. The molecule has 24 heavy (non-hydrogen) atoms. The number of thiophene rings is 1. The number of carbonyl (C=O) groups excluding carboxylic acids is 1. The monoisotopic (exact) mass is 342 g/mol. The molecule has 2 aromatic rings. The fourth-order valence-corrected chi connectivity index (χ4v) is 4.51. The lowest BCUT2D eigenvalue weighted by Gasteiger charge is -2.28. The number of nitrogens with zero attached hydrogens (tertiary/aromatic N) is 3. The van der Waals surface area contributed by atoms with E-state index in [0.717, 1.165) is 43.0 Å². The van der Waals surface area contributed by atoms with Crippen LogP contribution in [0.3, 0.4) is 0 Å². The van der Waals surface area contributed by atoms with Gasteiger partial charge in [0, 0.05) is 47.6 Å². The molecule has 6 heteroatoms. The van der Waals surface area contributed by atoms with Gasteiger partial charge in [0.2, 0.25) is 5.91 Å². The van der Waals surface area contributed by atoms with Crippen LogP contribution in [0.4, 0.5) is 5.82 Å². The number of carbonyl (C=O) groups is 1. The zero-order valence-corrected chi connectivity index (χ0v) is 14.9. The fourth-order valence-electron chi connectivity index (χ4n) is 3.45. The van der Waals surface area contributed by atoms with Crippen molar-refractivity contribution in [2.75, 3.05) is 18.4 Å². The van der Waals surface area contributed by atoms with E-state index in [4.69, 9.17) is 0 Å². The normalized spacial score (nSPS) is 22.2. The lowest BCUT2D eigenvalue weighted by atomic mass is 10.1. The molecule has 126 valence electrons. The maximum Gasteiger partial charge on any atom is 0.226 e. The van der Waals surface area contributed by atoms with Crippen LogP contribution in [-0.2, 0) is 17.8 Å². The lowest BCUT2D eigenvalue weighted by Crippen LogP contribution is -2.37. The molecule has 1 N–H and O–H groups in total. The molecular weight excluding hydrogens is 320 g/mol. The SMILES string of the molecule is CCNc1cc2c(nn1)CCN(C(=O)[C@@H]1C[C@@H]1c1ccc(C)s1)C2. The van der Waals surface area contributed by atoms with Gasteiger partial charge in [0.15, 0.2) is 0 Å². The molecule has 2 atom stereocenters. The zero-order valence-electron chi connectivity index (χ0n) is 14.1. The van der Waals surface area contributed by atoms with Crippen molar-refractivity contribution in [3.8, 4) is 0 Å². The Labute approximate surface area is 146 Å². The highest BCUT2D eigenvalue weighted by atomic mass is 32.1. The summed E-state index contributed by atoms with van der Waals surface area (Å²) < 4.78 is 0. The number of aromatic nitrogens is 2. The summed E-state index contributed by atoms with van der Waals surface area (Å²) in [7, 11) is 0. The molecule has 2 aromatic heterocycles. The van der Waals surface area contributed by atoms with Gasteiger partial charge in [-0.3, -0.25) is 4.79 Å². The van der Waals surface area contributed by atoms with Crippen molar-refractivity contribution in [1.29, 1.82) is 0 Å². The Balaban J connectivity index is 1.44. The van der Waals surface area contributed by atoms with Crippen LogP contribution in [0.2, 0.25) is 0 Å². The van der Waals surface area contributed by atoms with E-state index in [1.54, 1.807) is 0 Å². The van der Waals surface area contributed by atoms with Gasteiger partial charge >= 0.3 is 0 Å². The molecule has 1 amide bonds. The second kappa shape index (κ2) is 6.16. The number of aryl methyl sites for hydroxylation is 1. The largest absolute Gasteiger partial charge is 0.369 e. The third-order valence-electron chi connectivity index (χ3n) is 4.84. The average Bonchev–Trinajstić information content (AvgIpc) is 3.28. The van der Waals surface area contributed by atoms with Crippen molar-refractivity contribution in [1.82, 2.24) is 15.1 Å². The van der Waals surface area contributed by atoms with E-state index in [-0.39, 0.29) is 5.92 Å². The van der Waals surface area contributed by atoms with Crippen LogP contribution in [0, 0.1) is 12.8 Å². The smallest absolute Gasteiger partial charge is 0.226 e. The number of hydrogen-bond donors (Lipinski definition) is 1. The molecule has 1 fully saturated rings. The van der Waals surface area contributed by atoms with Gasteiger partial charge in [-0.1, -0.05) is 0 Å². The summed E-state index contributed by atoms with van der Waals surface area (Å²) in [5.41, 5.74) is 2.16. The highest BCUT2D eigenvalue weighted by Gasteiger charge is 2.46. The molecule has 1 aliphatic heterocycles. The van der Waals surface area contributed by atoms with Gasteiger partial charge in [0.05, 0.1) is 5.69 Å². The Bertz CT molecular complexity index is 772. The van der Waals surface area contributed by atoms with Crippen LogP contribution in [0.25, 0.3) is 0 Å². The second-order valence-electron chi connectivity index (χ2n) is 6.64. The molecule has 2 aliphatic rings. The van der Waals surface area contributed by atoms with Gasteiger partial charge in [0.25, 0.3) is 0 Å². The van der Waals surface area contributed by atoms with Crippen LogP contribution in [0.5, 0.6) is 0 Å². The van der Waals surface area contributed by atoms with E-state index in [2.05, 4.69) is 34.6 Å². The summed E-state index contributed by atoms with van der Waals surface area (Å²) in [6.45, 7) is 6.40. The van der Waals surface area contributed by atoms with Crippen molar-refractivity contribution in [2.45, 2.75) is 39.2 Å². The Hall–Kier alpha value is -1.95. The number of amides is 1. The second-order valence-corrected chi connectivity index (χ2v) is 7.96. The third kappa shape index (κ3) is 2.90. The van der Waals surface area contributed by atoms with E-state index in [1.165, 1.54) is 9.75 Å². The number of fused-ring (bicyclic) bond motifs is 1. The van der Waals surface area contributed by atoms with Crippen LogP contribution in [0.15, 0.2) is 18.2 Å². The van der Waals surface area contributed by atoms with Gasteiger partial charge in [-0.05, 0) is 44.0 Å². The van der Waals surface area contributed by atoms with E-state index in [0.29, 0.717) is 18.4 Å². The first-order chi connectivity index (χ1) is 11.7. The van der Waals surface area contributed by atoms with Crippen molar-refractivity contribution in [2.24, 2.45) is 5.92 Å². The molecule has 1 aliphatic carbocycles. The molecule has 0 aromatic carbocycles. The molecule has 4 rings (SSSR count). The first kappa shape index (κ1) is 15.6. The van der Waals surface area contributed by atoms with Gasteiger partial charge in [-0.15, -0.1) is 16.4 Å². The Morgan fingerprint density at radius 1 is 1.42 bits per heavy atom. The summed E-state index contributed by atoms with van der Waals surface area (Å²) in [4.78, 5) is 17.5. The number of rotatable bonds is 4. The molecule has 0 spiro atoms. The van der Waals surface area contributed by atoms with Crippen molar-refractivity contribution >= 4 is 23.1 Å². The molecule has 1 saturated carbocycles. The van der Waals surface area contributed by atoms with Gasteiger partial charge in [-0.25, -0.2) is 0 Å². The van der Waals surface area contributed by atoms with Crippen LogP contribution < -0.4 is 5.32 Å². The standard InChI is InChI=1S/C18H22N4OS/c1-3-19-17-8-12-10-22(7-6-15(12)20-21-17)18(23)14-9-13(14)16-5-4-11(2)24-16/h4-5,8,13-14H,3,6-7,9-10H2,1-2H3,(H,19,21)/t13-,14+/m0/s1. The molecule has 0 unspecified atom stereocenters. The van der Waals surface area contributed by atoms with E-state index in [9.17, 15) is 4.79 Å². The fraction of sp³-hybridized carbons (Fsp3) is 0.500. The molecular formula is C18H22N4OS. The summed E-state index contributed by atoms with van der Waals surface area (Å²) >= 11 is 1.82. The maximum absolute atomic E-state index is 12.9. The van der Waals surface area contributed by atoms with E-state index in [1.807, 2.05) is 29.2 Å². The topological polar surface area (TPSA) is 58.1 Å². The Morgan fingerprint density at radius 2 is 2.29 bits per heavy atom. The number of nitrogens with one attached hydrogen (secondary N) is 1. The van der Waals surface area contributed by atoms with Gasteiger partial charge < -0.3 is 10.2 Å². The van der Waals surface area contributed by atoms with Crippen molar-refractivity contribution in [3.63, 3.8) is 0 Å². The first-order valence-electron chi connectivity index (χ1n) is 8.60. The van der Waals surface area contributed by atoms with Crippen LogP contribution in [0.1, 0.15) is 40.3 Å². The van der Waals surface area contributed by atoms with Crippen LogP contribution >= 0.6 is 11.3 Å². The highest BCUT2D eigenvalue weighted by Crippen LogP contribution is 2.50. The minimum atomic E-state index is 0.174. The first-order valence-corrected chi connectivity index (χ1v) is 9.42. The highest BCUT2D eigenvalue weighted by molar-refractivity contribution is 7.12.